The molecule has 0 aliphatic rings. The van der Waals surface area contributed by atoms with E-state index in [-0.39, 0.29) is 0 Å². The molecule has 1 aromatic carbocycles. The van der Waals surface area contributed by atoms with Crippen molar-refractivity contribution in [3.05, 3.63) is 35.9 Å². The third-order valence-electron chi connectivity index (χ3n) is 2.34. The number of thioether (sulfide) groups is 1. The Kier molecular flexibility index (Phi) is 5.19. The van der Waals surface area contributed by atoms with Crippen LogP contribution in [0.2, 0.25) is 0 Å². The molecule has 0 aliphatic heterocycles. The minimum atomic E-state index is -0.860. The summed E-state index contributed by atoms with van der Waals surface area (Å²) < 4.78 is 26.1. The van der Waals surface area contributed by atoms with E-state index in [9.17, 15) is 8.78 Å². The van der Waals surface area contributed by atoms with Crippen LogP contribution in [0.1, 0.15) is 6.92 Å². The zero-order chi connectivity index (χ0) is 14.5. The predicted octanol–water partition coefficient (Wildman–Crippen LogP) is 4.06. The van der Waals surface area contributed by atoms with E-state index in [2.05, 4.69) is 15.3 Å². The highest BCUT2D eigenvalue weighted by Gasteiger charge is 2.08. The number of hydrogen-bond donors (Lipinski definition) is 1. The van der Waals surface area contributed by atoms with Crippen molar-refractivity contribution in [2.24, 2.45) is 0 Å². The summed E-state index contributed by atoms with van der Waals surface area (Å²) in [4.78, 5) is 9.24. The number of nitrogens with one attached hydrogen (secondary N) is 1. The second kappa shape index (κ2) is 6.90. The molecule has 0 radical (unpaired) electrons. The van der Waals surface area contributed by atoms with Crippen LogP contribution in [0.4, 0.5) is 14.6 Å². The van der Waals surface area contributed by atoms with Crippen molar-refractivity contribution in [3.63, 3.8) is 0 Å². The normalized spacial score (nSPS) is 10.6. The van der Waals surface area contributed by atoms with Crippen LogP contribution in [0, 0.1) is 11.6 Å². The third kappa shape index (κ3) is 3.83. The number of rotatable bonds is 5. The van der Waals surface area contributed by atoms with Gasteiger partial charge >= 0.3 is 0 Å². The molecule has 0 aliphatic carbocycles. The molecule has 106 valence electrons. The Morgan fingerprint density at radius 2 is 1.95 bits per heavy atom. The van der Waals surface area contributed by atoms with Gasteiger partial charge in [0.25, 0.3) is 0 Å². The Morgan fingerprint density at radius 1 is 1.15 bits per heavy atom. The number of anilines is 1. The van der Waals surface area contributed by atoms with Crippen LogP contribution in [0.5, 0.6) is 0 Å². The highest BCUT2D eigenvalue weighted by atomic mass is 32.2. The van der Waals surface area contributed by atoms with Gasteiger partial charge in [0.05, 0.1) is 0 Å². The molecule has 0 unspecified atom stereocenters. The van der Waals surface area contributed by atoms with Gasteiger partial charge in [-0.3, -0.25) is 0 Å². The third-order valence-corrected chi connectivity index (χ3v) is 3.79. The SMILES string of the molecule is CCNc1cc(Sc2ccc(F)c(F)c2)nc(SC)n1. The van der Waals surface area contributed by atoms with Crippen molar-refractivity contribution >= 4 is 29.3 Å². The van der Waals surface area contributed by atoms with Crippen molar-refractivity contribution in [1.82, 2.24) is 9.97 Å². The van der Waals surface area contributed by atoms with Crippen LogP contribution < -0.4 is 5.32 Å². The smallest absolute Gasteiger partial charge is 0.190 e. The van der Waals surface area contributed by atoms with E-state index in [4.69, 9.17) is 0 Å². The number of halogens is 2. The van der Waals surface area contributed by atoms with E-state index in [1.807, 2.05) is 13.2 Å². The van der Waals surface area contributed by atoms with Gasteiger partial charge in [0, 0.05) is 17.5 Å². The average Bonchev–Trinajstić information content (AvgIpc) is 2.43. The van der Waals surface area contributed by atoms with Crippen LogP contribution >= 0.6 is 23.5 Å². The highest BCUT2D eigenvalue weighted by molar-refractivity contribution is 7.99. The molecule has 2 aromatic rings. The second-order valence-corrected chi connectivity index (χ2v) is 5.65. The molecule has 20 heavy (non-hydrogen) atoms. The van der Waals surface area contributed by atoms with Gasteiger partial charge in [-0.1, -0.05) is 23.5 Å². The first-order valence-corrected chi connectivity index (χ1v) is 7.96. The van der Waals surface area contributed by atoms with E-state index in [0.717, 1.165) is 24.5 Å². The summed E-state index contributed by atoms with van der Waals surface area (Å²) in [6.07, 6.45) is 1.89. The first-order valence-electron chi connectivity index (χ1n) is 5.92. The van der Waals surface area contributed by atoms with Gasteiger partial charge in [-0.25, -0.2) is 18.7 Å². The summed E-state index contributed by atoms with van der Waals surface area (Å²) >= 11 is 2.70. The second-order valence-electron chi connectivity index (χ2n) is 3.79. The number of nitrogens with zero attached hydrogens (tertiary/aromatic N) is 2. The fourth-order valence-corrected chi connectivity index (χ4v) is 2.76. The molecule has 7 heteroatoms. The lowest BCUT2D eigenvalue weighted by molar-refractivity contribution is 0.506. The summed E-state index contributed by atoms with van der Waals surface area (Å²) in [5.41, 5.74) is 0. The molecular weight excluding hydrogens is 300 g/mol. The summed E-state index contributed by atoms with van der Waals surface area (Å²) in [6.45, 7) is 2.73. The molecule has 3 nitrogen and oxygen atoms in total. The standard InChI is InChI=1S/C13H13F2N3S2/c1-3-16-11-7-12(18-13(17-11)19-2)20-8-4-5-9(14)10(15)6-8/h4-7H,3H2,1-2H3,(H,16,17,18). The Morgan fingerprint density at radius 3 is 2.60 bits per heavy atom. The maximum absolute atomic E-state index is 13.2. The molecule has 1 N–H and O–H groups in total. The van der Waals surface area contributed by atoms with Gasteiger partial charge in [0.15, 0.2) is 16.8 Å². The Balaban J connectivity index is 2.27. The predicted molar refractivity (Wildman–Crippen MR) is 78.5 cm³/mol. The Labute approximate surface area is 124 Å². The van der Waals surface area contributed by atoms with Gasteiger partial charge in [0.1, 0.15) is 10.8 Å². The topological polar surface area (TPSA) is 37.8 Å². The molecule has 0 amide bonds. The van der Waals surface area contributed by atoms with Crippen molar-refractivity contribution in [2.45, 2.75) is 22.0 Å². The zero-order valence-electron chi connectivity index (χ0n) is 11.0. The van der Waals surface area contributed by atoms with Crippen molar-refractivity contribution in [2.75, 3.05) is 18.1 Å². The fourth-order valence-electron chi connectivity index (χ4n) is 1.48. The Bertz CT molecular complexity index is 608. The van der Waals surface area contributed by atoms with Crippen molar-refractivity contribution < 1.29 is 8.78 Å². The van der Waals surface area contributed by atoms with E-state index in [1.54, 1.807) is 6.07 Å². The highest BCUT2D eigenvalue weighted by Crippen LogP contribution is 2.29. The van der Waals surface area contributed by atoms with Crippen molar-refractivity contribution in [3.8, 4) is 0 Å². The van der Waals surface area contributed by atoms with Crippen LogP contribution in [-0.2, 0) is 0 Å². The lowest BCUT2D eigenvalue weighted by Gasteiger charge is -2.07. The molecule has 2 rings (SSSR count). The molecule has 1 aromatic heterocycles. The van der Waals surface area contributed by atoms with Crippen LogP contribution in [0.15, 0.2) is 39.3 Å². The van der Waals surface area contributed by atoms with E-state index in [1.165, 1.54) is 29.6 Å². The van der Waals surface area contributed by atoms with Gasteiger partial charge < -0.3 is 5.32 Å². The molecule has 0 fully saturated rings. The van der Waals surface area contributed by atoms with E-state index >= 15 is 0 Å². The number of hydrogen-bond acceptors (Lipinski definition) is 5. The summed E-state index contributed by atoms with van der Waals surface area (Å²) in [7, 11) is 0. The van der Waals surface area contributed by atoms with Gasteiger partial charge in [0.2, 0.25) is 0 Å². The lowest BCUT2D eigenvalue weighted by Crippen LogP contribution is -2.01. The summed E-state index contributed by atoms with van der Waals surface area (Å²) in [5, 5.41) is 4.44. The summed E-state index contributed by atoms with van der Waals surface area (Å²) in [5.74, 6) is -0.992. The maximum Gasteiger partial charge on any atom is 0.190 e. The fraction of sp³-hybridized carbons (Fsp3) is 0.231. The molecule has 0 bridgehead atoms. The number of benzene rings is 1. The molecule has 0 atom stereocenters. The molecule has 1 heterocycles. The average molecular weight is 313 g/mol. The van der Waals surface area contributed by atoms with Crippen LogP contribution in [-0.4, -0.2) is 22.8 Å². The minimum absolute atomic E-state index is 0.595. The Hall–Kier alpha value is -1.34. The zero-order valence-corrected chi connectivity index (χ0v) is 12.6. The van der Waals surface area contributed by atoms with Crippen molar-refractivity contribution in [1.29, 1.82) is 0 Å². The molecule has 0 saturated carbocycles. The first kappa shape index (κ1) is 15.1. The first-order chi connectivity index (χ1) is 9.62. The van der Waals surface area contributed by atoms with Gasteiger partial charge in [-0.05, 0) is 31.4 Å². The molecular formula is C13H13F2N3S2. The molecule has 0 saturated heterocycles. The van der Waals surface area contributed by atoms with Crippen LogP contribution in [0.25, 0.3) is 0 Å². The minimum Gasteiger partial charge on any atom is -0.370 e. The maximum atomic E-state index is 13.2. The number of aromatic nitrogens is 2. The van der Waals surface area contributed by atoms with Gasteiger partial charge in [-0.2, -0.15) is 0 Å². The van der Waals surface area contributed by atoms with Gasteiger partial charge in [-0.15, -0.1) is 0 Å². The largest absolute Gasteiger partial charge is 0.370 e. The van der Waals surface area contributed by atoms with Crippen LogP contribution in [0.3, 0.4) is 0 Å². The lowest BCUT2D eigenvalue weighted by atomic mass is 10.3. The van der Waals surface area contributed by atoms with E-state index in [0.29, 0.717) is 15.1 Å². The van der Waals surface area contributed by atoms with E-state index < -0.39 is 11.6 Å². The molecule has 0 spiro atoms. The quantitative estimate of drug-likeness (QED) is 0.512. The monoisotopic (exact) mass is 313 g/mol. The summed E-state index contributed by atoms with van der Waals surface area (Å²) in [6, 6.07) is 5.58.